The van der Waals surface area contributed by atoms with E-state index in [0.717, 1.165) is 18.4 Å². The average molecular weight is 457 g/mol. The van der Waals surface area contributed by atoms with Gasteiger partial charge in [-0.25, -0.2) is 4.79 Å². The summed E-state index contributed by atoms with van der Waals surface area (Å²) in [4.78, 5) is 39.7. The molecule has 5 unspecified atom stereocenters. The largest absolute Gasteiger partial charge is 0.480 e. The number of benzene rings is 1. The van der Waals surface area contributed by atoms with Crippen molar-refractivity contribution in [2.24, 2.45) is 17.3 Å². The van der Waals surface area contributed by atoms with Gasteiger partial charge < -0.3 is 14.7 Å². The highest BCUT2D eigenvalue weighted by Gasteiger charge is 2.58. The van der Waals surface area contributed by atoms with Gasteiger partial charge in [-0.2, -0.15) is 0 Å². The van der Waals surface area contributed by atoms with Crippen LogP contribution in [0.1, 0.15) is 57.9 Å². The summed E-state index contributed by atoms with van der Waals surface area (Å²) in [7, 11) is 0. The number of esters is 1. The fourth-order valence-electron chi connectivity index (χ4n) is 6.55. The zero-order valence-corrected chi connectivity index (χ0v) is 19.7. The quantitative estimate of drug-likeness (QED) is 0.555. The molecule has 33 heavy (non-hydrogen) atoms. The van der Waals surface area contributed by atoms with E-state index in [0.29, 0.717) is 37.6 Å². The summed E-state index contributed by atoms with van der Waals surface area (Å²) in [5.74, 6) is -0.337. The molecule has 3 aliphatic rings. The Labute approximate surface area is 195 Å². The Kier molecular flexibility index (Phi) is 7.07. The molecule has 1 aromatic rings. The lowest BCUT2D eigenvalue weighted by molar-refractivity contribution is -0.150. The standard InChI is InChI=1S/C26H36N2O5/c1-3-33-25(32)21(12-10-18-7-5-4-6-8-18)27-17(2)23(29)28-16-26(15-22(28)24(30)31)14-19-9-11-20(26)13-19/h4-8,17,19-22,27H,3,9-16H2,1-2H3,(H,30,31)/t17-,19?,20?,21?,22?,26?/m0/s1. The molecule has 2 saturated carbocycles. The highest BCUT2D eigenvalue weighted by atomic mass is 16.5. The maximum Gasteiger partial charge on any atom is 0.326 e. The number of rotatable bonds is 9. The highest BCUT2D eigenvalue weighted by molar-refractivity contribution is 5.88. The molecule has 180 valence electrons. The third-order valence-electron chi connectivity index (χ3n) is 8.09. The molecule has 1 aromatic carbocycles. The van der Waals surface area contributed by atoms with E-state index >= 15 is 0 Å². The summed E-state index contributed by atoms with van der Waals surface area (Å²) in [6.07, 6.45) is 6.32. The zero-order chi connectivity index (χ0) is 23.6. The second kappa shape index (κ2) is 9.84. The summed E-state index contributed by atoms with van der Waals surface area (Å²) in [6, 6.07) is 7.78. The van der Waals surface area contributed by atoms with E-state index in [4.69, 9.17) is 4.74 Å². The summed E-state index contributed by atoms with van der Waals surface area (Å²) in [5.41, 5.74) is 1.06. The predicted octanol–water partition coefficient (Wildman–Crippen LogP) is 3.02. The second-order valence-electron chi connectivity index (χ2n) is 10.2. The van der Waals surface area contributed by atoms with Gasteiger partial charge in [0.2, 0.25) is 5.91 Å². The van der Waals surface area contributed by atoms with Crippen molar-refractivity contribution >= 4 is 17.8 Å². The van der Waals surface area contributed by atoms with Crippen LogP contribution >= 0.6 is 0 Å². The molecule has 0 aromatic heterocycles. The molecular weight excluding hydrogens is 420 g/mol. The van der Waals surface area contributed by atoms with Crippen molar-refractivity contribution in [3.63, 3.8) is 0 Å². The number of likely N-dealkylation sites (tertiary alicyclic amines) is 1. The van der Waals surface area contributed by atoms with Gasteiger partial charge in [0.25, 0.3) is 0 Å². The van der Waals surface area contributed by atoms with Gasteiger partial charge in [-0.15, -0.1) is 0 Å². The van der Waals surface area contributed by atoms with Gasteiger partial charge in [0.15, 0.2) is 0 Å². The van der Waals surface area contributed by atoms with E-state index in [2.05, 4.69) is 5.32 Å². The van der Waals surface area contributed by atoms with Gasteiger partial charge in [-0.05, 0) is 75.2 Å². The molecule has 1 aliphatic heterocycles. The molecule has 6 atom stereocenters. The first kappa shape index (κ1) is 23.7. The SMILES string of the molecule is CCOC(=O)C(CCc1ccccc1)N[C@@H](C)C(=O)N1CC2(CC3CCC2C3)CC1C(=O)O. The number of hydrogen-bond donors (Lipinski definition) is 2. The maximum atomic E-state index is 13.4. The molecule has 1 saturated heterocycles. The first-order chi connectivity index (χ1) is 15.8. The molecule has 2 aliphatic carbocycles. The Morgan fingerprint density at radius 1 is 1.21 bits per heavy atom. The van der Waals surface area contributed by atoms with E-state index in [1.807, 2.05) is 30.3 Å². The Morgan fingerprint density at radius 3 is 2.58 bits per heavy atom. The first-order valence-electron chi connectivity index (χ1n) is 12.3. The van der Waals surface area contributed by atoms with E-state index < -0.39 is 24.1 Å². The van der Waals surface area contributed by atoms with Crippen molar-refractivity contribution in [3.8, 4) is 0 Å². The highest BCUT2D eigenvalue weighted by Crippen LogP contribution is 2.60. The average Bonchev–Trinajstić information content (AvgIpc) is 3.51. The lowest BCUT2D eigenvalue weighted by atomic mass is 9.72. The minimum Gasteiger partial charge on any atom is -0.480 e. The van der Waals surface area contributed by atoms with E-state index in [1.165, 1.54) is 12.8 Å². The zero-order valence-electron chi connectivity index (χ0n) is 19.7. The minimum absolute atomic E-state index is 0.0464. The lowest BCUT2D eigenvalue weighted by Gasteiger charge is -2.34. The van der Waals surface area contributed by atoms with Gasteiger partial charge in [-0.1, -0.05) is 36.8 Å². The number of nitrogens with one attached hydrogen (secondary N) is 1. The third kappa shape index (κ3) is 4.93. The van der Waals surface area contributed by atoms with Gasteiger partial charge in [0.1, 0.15) is 12.1 Å². The predicted molar refractivity (Wildman–Crippen MR) is 123 cm³/mol. The van der Waals surface area contributed by atoms with E-state index in [9.17, 15) is 19.5 Å². The van der Waals surface area contributed by atoms with Crippen LogP contribution < -0.4 is 5.32 Å². The Balaban J connectivity index is 1.44. The number of aryl methyl sites for hydroxylation is 1. The Hall–Kier alpha value is -2.41. The van der Waals surface area contributed by atoms with Crippen molar-refractivity contribution in [3.05, 3.63) is 35.9 Å². The monoisotopic (exact) mass is 456 g/mol. The summed E-state index contributed by atoms with van der Waals surface area (Å²) < 4.78 is 5.25. The van der Waals surface area contributed by atoms with Gasteiger partial charge in [0, 0.05) is 6.54 Å². The van der Waals surface area contributed by atoms with Crippen LogP contribution in [0.15, 0.2) is 30.3 Å². The summed E-state index contributed by atoms with van der Waals surface area (Å²) >= 11 is 0. The fraction of sp³-hybridized carbons (Fsp3) is 0.654. The van der Waals surface area contributed by atoms with Crippen molar-refractivity contribution in [2.45, 2.75) is 76.9 Å². The van der Waals surface area contributed by atoms with Crippen LogP contribution in [0.5, 0.6) is 0 Å². The summed E-state index contributed by atoms with van der Waals surface area (Å²) in [5, 5.41) is 13.1. The smallest absolute Gasteiger partial charge is 0.326 e. The number of fused-ring (bicyclic) bond motifs is 3. The van der Waals surface area contributed by atoms with Gasteiger partial charge in [0.05, 0.1) is 12.6 Å². The number of nitrogens with zero attached hydrogens (tertiary/aromatic N) is 1. The number of carbonyl (C=O) groups is 3. The molecule has 7 nitrogen and oxygen atoms in total. The molecule has 7 heteroatoms. The second-order valence-corrected chi connectivity index (χ2v) is 10.2. The van der Waals surface area contributed by atoms with E-state index in [-0.39, 0.29) is 23.9 Å². The van der Waals surface area contributed by atoms with E-state index in [1.54, 1.807) is 18.7 Å². The number of hydrogen-bond acceptors (Lipinski definition) is 5. The van der Waals surface area contributed by atoms with Crippen LogP contribution in [0.3, 0.4) is 0 Å². The Morgan fingerprint density at radius 2 is 1.97 bits per heavy atom. The van der Waals surface area contributed by atoms with Crippen LogP contribution in [0.4, 0.5) is 0 Å². The molecule has 4 rings (SSSR count). The molecular formula is C26H36N2O5. The normalized spacial score (nSPS) is 29.9. The molecule has 3 fully saturated rings. The van der Waals surface area contributed by atoms with Crippen LogP contribution in [0, 0.1) is 17.3 Å². The summed E-state index contributed by atoms with van der Waals surface area (Å²) in [6.45, 7) is 4.27. The lowest BCUT2D eigenvalue weighted by Crippen LogP contribution is -2.53. The fourth-order valence-corrected chi connectivity index (χ4v) is 6.55. The number of carboxylic acid groups (broad SMARTS) is 1. The molecule has 1 spiro atoms. The van der Waals surface area contributed by atoms with Crippen molar-refractivity contribution in [1.29, 1.82) is 0 Å². The number of carbonyl (C=O) groups excluding carboxylic acids is 2. The van der Waals surface area contributed by atoms with Gasteiger partial charge in [-0.3, -0.25) is 14.9 Å². The van der Waals surface area contributed by atoms with Crippen LogP contribution in [-0.4, -0.2) is 59.1 Å². The topological polar surface area (TPSA) is 95.9 Å². The van der Waals surface area contributed by atoms with Gasteiger partial charge >= 0.3 is 11.9 Å². The molecule has 2 N–H and O–H groups in total. The molecule has 1 amide bonds. The number of aliphatic carboxylic acids is 1. The first-order valence-corrected chi connectivity index (χ1v) is 12.3. The number of ether oxygens (including phenoxy) is 1. The molecule has 2 bridgehead atoms. The minimum atomic E-state index is -0.929. The van der Waals surface area contributed by atoms with Crippen LogP contribution in [-0.2, 0) is 25.5 Å². The van der Waals surface area contributed by atoms with Crippen molar-refractivity contribution in [1.82, 2.24) is 10.2 Å². The van der Waals surface area contributed by atoms with Crippen molar-refractivity contribution in [2.75, 3.05) is 13.2 Å². The Bertz CT molecular complexity index is 875. The van der Waals surface area contributed by atoms with Crippen molar-refractivity contribution < 1.29 is 24.2 Å². The maximum absolute atomic E-state index is 13.4. The molecule has 1 heterocycles. The number of amides is 1. The number of carboxylic acids is 1. The third-order valence-corrected chi connectivity index (χ3v) is 8.09. The molecule has 0 radical (unpaired) electrons. The van der Waals surface area contributed by atoms with Crippen LogP contribution in [0.2, 0.25) is 0 Å². The van der Waals surface area contributed by atoms with Crippen LogP contribution in [0.25, 0.3) is 0 Å².